The molecule has 1 heterocycles. The number of hydrogen-bond acceptors (Lipinski definition) is 4. The van der Waals surface area contributed by atoms with Crippen molar-refractivity contribution in [3.8, 4) is 0 Å². The standard InChI is InChI=1S/C13H12F2N2O2S/c1-20(18,19)12-3-2-6-16-13(12)17-8-9-4-5-10(14)11(15)7-9/h2-7H,8H2,1H3,(H,16,17). The number of pyridine rings is 1. The number of halogens is 2. The van der Waals surface area contributed by atoms with E-state index in [2.05, 4.69) is 10.3 Å². The molecule has 0 aliphatic rings. The van der Waals surface area contributed by atoms with Gasteiger partial charge in [-0.2, -0.15) is 0 Å². The summed E-state index contributed by atoms with van der Waals surface area (Å²) in [5.41, 5.74) is 0.481. The minimum absolute atomic E-state index is 0.0579. The van der Waals surface area contributed by atoms with Crippen LogP contribution in [0.1, 0.15) is 5.56 Å². The van der Waals surface area contributed by atoms with Gasteiger partial charge in [0.15, 0.2) is 21.5 Å². The molecule has 2 aromatic rings. The average molecular weight is 298 g/mol. The molecule has 1 aromatic heterocycles. The lowest BCUT2D eigenvalue weighted by Crippen LogP contribution is -2.08. The summed E-state index contributed by atoms with van der Waals surface area (Å²) in [6, 6.07) is 6.41. The second kappa shape index (κ2) is 5.54. The van der Waals surface area contributed by atoms with E-state index in [9.17, 15) is 17.2 Å². The lowest BCUT2D eigenvalue weighted by molar-refractivity contribution is 0.507. The molecule has 0 fully saturated rings. The van der Waals surface area contributed by atoms with Crippen molar-refractivity contribution in [2.45, 2.75) is 11.4 Å². The quantitative estimate of drug-likeness (QED) is 0.941. The van der Waals surface area contributed by atoms with Crippen LogP contribution in [0.2, 0.25) is 0 Å². The van der Waals surface area contributed by atoms with Crippen LogP contribution in [0.25, 0.3) is 0 Å². The molecular formula is C13H12F2N2O2S. The van der Waals surface area contributed by atoms with Crippen molar-refractivity contribution in [1.29, 1.82) is 0 Å². The normalized spacial score (nSPS) is 11.3. The molecule has 0 bridgehead atoms. The summed E-state index contributed by atoms with van der Waals surface area (Å²) in [4.78, 5) is 4.00. The highest BCUT2D eigenvalue weighted by Gasteiger charge is 2.13. The molecule has 7 heteroatoms. The largest absolute Gasteiger partial charge is 0.365 e. The fraction of sp³-hybridized carbons (Fsp3) is 0.154. The topological polar surface area (TPSA) is 59.1 Å². The summed E-state index contributed by atoms with van der Waals surface area (Å²) in [6.07, 6.45) is 2.52. The number of nitrogens with zero attached hydrogens (tertiary/aromatic N) is 1. The Morgan fingerprint density at radius 3 is 2.60 bits per heavy atom. The smallest absolute Gasteiger partial charge is 0.179 e. The average Bonchev–Trinajstić information content (AvgIpc) is 2.39. The monoisotopic (exact) mass is 298 g/mol. The van der Waals surface area contributed by atoms with Gasteiger partial charge in [-0.05, 0) is 29.8 Å². The van der Waals surface area contributed by atoms with Crippen molar-refractivity contribution in [2.75, 3.05) is 11.6 Å². The minimum atomic E-state index is -3.41. The Hall–Kier alpha value is -2.02. The zero-order valence-corrected chi connectivity index (χ0v) is 11.4. The molecule has 0 unspecified atom stereocenters. The summed E-state index contributed by atoms with van der Waals surface area (Å²) in [6.45, 7) is 0.136. The van der Waals surface area contributed by atoms with E-state index in [-0.39, 0.29) is 17.3 Å². The summed E-state index contributed by atoms with van der Waals surface area (Å²) in [7, 11) is -3.41. The Bertz CT molecular complexity index is 733. The second-order valence-electron chi connectivity index (χ2n) is 4.22. The fourth-order valence-corrected chi connectivity index (χ4v) is 2.46. The predicted octanol–water partition coefficient (Wildman–Crippen LogP) is 2.38. The maximum atomic E-state index is 13.1. The molecule has 0 atom stereocenters. The van der Waals surface area contributed by atoms with Crippen LogP contribution in [0.15, 0.2) is 41.4 Å². The summed E-state index contributed by atoms with van der Waals surface area (Å²) in [5.74, 6) is -1.70. The zero-order chi connectivity index (χ0) is 14.8. The Kier molecular flexibility index (Phi) is 3.99. The Morgan fingerprint density at radius 1 is 1.20 bits per heavy atom. The van der Waals surface area contributed by atoms with E-state index >= 15 is 0 Å². The van der Waals surface area contributed by atoms with Gasteiger partial charge in [0.25, 0.3) is 0 Å². The van der Waals surface area contributed by atoms with Crippen LogP contribution in [-0.4, -0.2) is 19.7 Å². The van der Waals surface area contributed by atoms with Crippen molar-refractivity contribution >= 4 is 15.7 Å². The molecule has 0 saturated carbocycles. The van der Waals surface area contributed by atoms with E-state index in [0.717, 1.165) is 18.4 Å². The van der Waals surface area contributed by atoms with Crippen molar-refractivity contribution in [3.05, 3.63) is 53.7 Å². The molecule has 0 amide bonds. The van der Waals surface area contributed by atoms with E-state index in [1.807, 2.05) is 0 Å². The highest BCUT2D eigenvalue weighted by Crippen LogP contribution is 2.19. The second-order valence-corrected chi connectivity index (χ2v) is 6.21. The van der Waals surface area contributed by atoms with Gasteiger partial charge in [0, 0.05) is 19.0 Å². The number of anilines is 1. The van der Waals surface area contributed by atoms with Gasteiger partial charge in [-0.15, -0.1) is 0 Å². The number of sulfone groups is 1. The Balaban J connectivity index is 2.21. The molecule has 1 N–H and O–H groups in total. The third-order valence-corrected chi connectivity index (χ3v) is 3.74. The lowest BCUT2D eigenvalue weighted by atomic mass is 10.2. The number of nitrogens with one attached hydrogen (secondary N) is 1. The van der Waals surface area contributed by atoms with E-state index < -0.39 is 21.5 Å². The Labute approximate surface area is 115 Å². The van der Waals surface area contributed by atoms with Crippen LogP contribution >= 0.6 is 0 Å². The van der Waals surface area contributed by atoms with Gasteiger partial charge in [-0.25, -0.2) is 22.2 Å². The van der Waals surface area contributed by atoms with Crippen LogP contribution in [-0.2, 0) is 16.4 Å². The van der Waals surface area contributed by atoms with Crippen molar-refractivity contribution in [2.24, 2.45) is 0 Å². The van der Waals surface area contributed by atoms with Crippen molar-refractivity contribution in [3.63, 3.8) is 0 Å². The molecule has 1 aromatic carbocycles. The van der Waals surface area contributed by atoms with E-state index in [1.165, 1.54) is 24.4 Å². The van der Waals surface area contributed by atoms with Gasteiger partial charge in [-0.1, -0.05) is 6.07 Å². The van der Waals surface area contributed by atoms with Crippen LogP contribution in [0.4, 0.5) is 14.6 Å². The van der Waals surface area contributed by atoms with Gasteiger partial charge in [0.2, 0.25) is 0 Å². The number of benzene rings is 1. The van der Waals surface area contributed by atoms with E-state index in [4.69, 9.17) is 0 Å². The summed E-state index contributed by atoms with van der Waals surface area (Å²) >= 11 is 0. The molecule has 0 aliphatic carbocycles. The fourth-order valence-electron chi connectivity index (χ4n) is 1.66. The first-order valence-corrected chi connectivity index (χ1v) is 7.60. The van der Waals surface area contributed by atoms with Gasteiger partial charge in [0.1, 0.15) is 10.7 Å². The molecule has 106 valence electrons. The van der Waals surface area contributed by atoms with Gasteiger partial charge >= 0.3 is 0 Å². The van der Waals surface area contributed by atoms with Crippen LogP contribution < -0.4 is 5.32 Å². The van der Waals surface area contributed by atoms with E-state index in [0.29, 0.717) is 5.56 Å². The molecule has 0 spiro atoms. The minimum Gasteiger partial charge on any atom is -0.365 e. The van der Waals surface area contributed by atoms with Gasteiger partial charge in [0.05, 0.1) is 0 Å². The predicted molar refractivity (Wildman–Crippen MR) is 71.0 cm³/mol. The van der Waals surface area contributed by atoms with E-state index in [1.54, 1.807) is 0 Å². The maximum Gasteiger partial charge on any atom is 0.179 e. The molecule has 0 aliphatic heterocycles. The van der Waals surface area contributed by atoms with Gasteiger partial charge in [-0.3, -0.25) is 0 Å². The van der Waals surface area contributed by atoms with Gasteiger partial charge < -0.3 is 5.32 Å². The molecular weight excluding hydrogens is 286 g/mol. The Morgan fingerprint density at radius 2 is 1.95 bits per heavy atom. The highest BCUT2D eigenvalue weighted by atomic mass is 32.2. The summed E-state index contributed by atoms with van der Waals surface area (Å²) in [5, 5.41) is 2.80. The molecule has 4 nitrogen and oxygen atoms in total. The van der Waals surface area contributed by atoms with Crippen molar-refractivity contribution < 1.29 is 17.2 Å². The lowest BCUT2D eigenvalue weighted by Gasteiger charge is -2.09. The van der Waals surface area contributed by atoms with Crippen LogP contribution in [0, 0.1) is 11.6 Å². The molecule has 0 saturated heterocycles. The van der Waals surface area contributed by atoms with Crippen LogP contribution in [0.5, 0.6) is 0 Å². The first kappa shape index (κ1) is 14.4. The van der Waals surface area contributed by atoms with Crippen molar-refractivity contribution in [1.82, 2.24) is 4.98 Å². The maximum absolute atomic E-state index is 13.1. The zero-order valence-electron chi connectivity index (χ0n) is 10.6. The van der Waals surface area contributed by atoms with Crippen LogP contribution in [0.3, 0.4) is 0 Å². The number of rotatable bonds is 4. The first-order chi connectivity index (χ1) is 9.38. The number of hydrogen-bond donors (Lipinski definition) is 1. The highest BCUT2D eigenvalue weighted by molar-refractivity contribution is 7.90. The molecule has 2 rings (SSSR count). The SMILES string of the molecule is CS(=O)(=O)c1cccnc1NCc1ccc(F)c(F)c1. The molecule has 0 radical (unpaired) electrons. The third-order valence-electron chi connectivity index (χ3n) is 2.61. The third kappa shape index (κ3) is 3.30. The molecule has 20 heavy (non-hydrogen) atoms. The number of aromatic nitrogens is 1. The summed E-state index contributed by atoms with van der Waals surface area (Å²) < 4.78 is 49.0. The first-order valence-electron chi connectivity index (χ1n) is 5.71.